The quantitative estimate of drug-likeness (QED) is 0.691. The minimum atomic E-state index is -3.47. The molecule has 0 unspecified atom stereocenters. The van der Waals surface area contributed by atoms with Crippen LogP contribution in [0.5, 0.6) is 0 Å². The molecule has 0 spiro atoms. The fourth-order valence-corrected chi connectivity index (χ4v) is 3.81. The van der Waals surface area contributed by atoms with Crippen molar-refractivity contribution in [3.63, 3.8) is 0 Å². The second kappa shape index (κ2) is 8.32. The van der Waals surface area contributed by atoms with Crippen molar-refractivity contribution in [2.45, 2.75) is 24.3 Å². The fourth-order valence-electron chi connectivity index (χ4n) is 2.96. The first-order chi connectivity index (χ1) is 13.3. The maximum absolute atomic E-state index is 12.3. The molecule has 1 aliphatic rings. The largest absolute Gasteiger partial charge is 0.457 e. The van der Waals surface area contributed by atoms with Crippen LogP contribution in [0.4, 0.5) is 0 Å². The Balaban J connectivity index is 1.65. The van der Waals surface area contributed by atoms with Crippen molar-refractivity contribution in [3.05, 3.63) is 64.2 Å². The number of esters is 1. The highest BCUT2D eigenvalue weighted by Gasteiger charge is 2.20. The van der Waals surface area contributed by atoms with Crippen LogP contribution in [0.15, 0.2) is 47.4 Å². The molecule has 148 valence electrons. The van der Waals surface area contributed by atoms with Crippen LogP contribution in [0.1, 0.15) is 39.1 Å². The summed E-state index contributed by atoms with van der Waals surface area (Å²) >= 11 is 6.00. The Morgan fingerprint density at radius 3 is 2.32 bits per heavy atom. The van der Waals surface area contributed by atoms with Crippen molar-refractivity contribution in [2.24, 2.45) is 0 Å². The molecule has 1 heterocycles. The summed E-state index contributed by atoms with van der Waals surface area (Å²) in [6.07, 6.45) is 3.11. The van der Waals surface area contributed by atoms with E-state index in [4.69, 9.17) is 16.3 Å². The zero-order valence-electron chi connectivity index (χ0n) is 15.4. The van der Waals surface area contributed by atoms with E-state index in [0.717, 1.165) is 32.2 Å². The molecule has 1 fully saturated rings. The van der Waals surface area contributed by atoms with E-state index in [2.05, 4.69) is 0 Å². The highest BCUT2D eigenvalue weighted by Crippen LogP contribution is 2.22. The fraction of sp³-hybridized carbons (Fsp3) is 0.300. The number of amides is 1. The molecule has 1 saturated heterocycles. The predicted molar refractivity (Wildman–Crippen MR) is 105 cm³/mol. The van der Waals surface area contributed by atoms with Crippen LogP contribution in [-0.2, 0) is 21.2 Å². The van der Waals surface area contributed by atoms with E-state index in [-0.39, 0.29) is 28.0 Å². The Kier molecular flexibility index (Phi) is 6.05. The SMILES string of the molecule is CS(=O)(=O)c1ccc(Cl)c(C(=O)OCc2ccc(C(=O)N3CCCC3)cc2)c1. The predicted octanol–water partition coefficient (Wildman–Crippen LogP) is 3.34. The van der Waals surface area contributed by atoms with Crippen molar-refractivity contribution in [1.29, 1.82) is 0 Å². The lowest BCUT2D eigenvalue weighted by Crippen LogP contribution is -2.27. The normalized spacial score (nSPS) is 14.1. The average molecular weight is 422 g/mol. The molecule has 0 aromatic heterocycles. The second-order valence-electron chi connectivity index (χ2n) is 6.69. The number of sulfone groups is 1. The van der Waals surface area contributed by atoms with E-state index in [1.165, 1.54) is 18.2 Å². The molecule has 1 amide bonds. The summed E-state index contributed by atoms with van der Waals surface area (Å²) in [5.74, 6) is -0.710. The van der Waals surface area contributed by atoms with Crippen molar-refractivity contribution in [1.82, 2.24) is 4.90 Å². The molecular formula is C20H20ClNO5S. The Labute approximate surface area is 169 Å². The van der Waals surface area contributed by atoms with Crippen LogP contribution in [0.2, 0.25) is 5.02 Å². The van der Waals surface area contributed by atoms with Crippen LogP contribution >= 0.6 is 11.6 Å². The highest BCUT2D eigenvalue weighted by molar-refractivity contribution is 7.90. The third kappa shape index (κ3) is 4.72. The van der Waals surface area contributed by atoms with E-state index >= 15 is 0 Å². The van der Waals surface area contributed by atoms with Crippen LogP contribution < -0.4 is 0 Å². The van der Waals surface area contributed by atoms with Gasteiger partial charge in [-0.05, 0) is 48.7 Å². The molecule has 2 aromatic carbocycles. The summed E-state index contributed by atoms with van der Waals surface area (Å²) in [7, 11) is -3.47. The van der Waals surface area contributed by atoms with Gasteiger partial charge < -0.3 is 9.64 Å². The van der Waals surface area contributed by atoms with E-state index < -0.39 is 15.8 Å². The molecule has 28 heavy (non-hydrogen) atoms. The number of hydrogen-bond donors (Lipinski definition) is 0. The number of ether oxygens (including phenoxy) is 1. The Morgan fingerprint density at radius 2 is 1.71 bits per heavy atom. The molecule has 0 radical (unpaired) electrons. The molecule has 0 N–H and O–H groups in total. The van der Waals surface area contributed by atoms with Gasteiger partial charge in [-0.1, -0.05) is 23.7 Å². The van der Waals surface area contributed by atoms with Gasteiger partial charge in [0.25, 0.3) is 5.91 Å². The molecule has 0 atom stereocenters. The number of halogens is 1. The highest BCUT2D eigenvalue weighted by atomic mass is 35.5. The van der Waals surface area contributed by atoms with Crippen molar-refractivity contribution in [2.75, 3.05) is 19.3 Å². The molecule has 6 nitrogen and oxygen atoms in total. The van der Waals surface area contributed by atoms with Crippen LogP contribution in [-0.4, -0.2) is 44.5 Å². The van der Waals surface area contributed by atoms with Gasteiger partial charge in [0.2, 0.25) is 0 Å². The Hall–Kier alpha value is -2.38. The van der Waals surface area contributed by atoms with Crippen LogP contribution in [0.3, 0.4) is 0 Å². The summed E-state index contributed by atoms with van der Waals surface area (Å²) in [4.78, 5) is 26.5. The number of rotatable bonds is 5. The second-order valence-corrected chi connectivity index (χ2v) is 9.11. The standard InChI is InChI=1S/C20H20ClNO5S/c1-28(25,26)16-8-9-18(21)17(12-16)20(24)27-13-14-4-6-15(7-5-14)19(23)22-10-2-3-11-22/h4-9,12H,2-3,10-11,13H2,1H3. The van der Waals surface area contributed by atoms with Gasteiger partial charge in [0.1, 0.15) is 6.61 Å². The molecule has 2 aromatic rings. The summed E-state index contributed by atoms with van der Waals surface area (Å²) in [5.41, 5.74) is 1.30. The summed E-state index contributed by atoms with van der Waals surface area (Å²) in [5, 5.41) is 0.115. The topological polar surface area (TPSA) is 80.7 Å². The van der Waals surface area contributed by atoms with Gasteiger partial charge in [-0.3, -0.25) is 4.79 Å². The van der Waals surface area contributed by atoms with Gasteiger partial charge in [0.15, 0.2) is 9.84 Å². The van der Waals surface area contributed by atoms with Crippen molar-refractivity contribution in [3.8, 4) is 0 Å². The third-order valence-electron chi connectivity index (χ3n) is 4.55. The zero-order chi connectivity index (χ0) is 20.3. The van der Waals surface area contributed by atoms with Crippen molar-refractivity contribution >= 4 is 33.3 Å². The van der Waals surface area contributed by atoms with Gasteiger partial charge in [-0.15, -0.1) is 0 Å². The lowest BCUT2D eigenvalue weighted by Gasteiger charge is -2.15. The van der Waals surface area contributed by atoms with E-state index in [1.807, 2.05) is 4.90 Å². The average Bonchev–Trinajstić information content (AvgIpc) is 3.20. The first-order valence-corrected chi connectivity index (χ1v) is 11.1. The lowest BCUT2D eigenvalue weighted by atomic mass is 10.1. The summed E-state index contributed by atoms with van der Waals surface area (Å²) in [6.45, 7) is 1.55. The minimum Gasteiger partial charge on any atom is -0.457 e. The third-order valence-corrected chi connectivity index (χ3v) is 5.99. The number of carbonyl (C=O) groups excluding carboxylic acids is 2. The van der Waals surface area contributed by atoms with E-state index in [1.54, 1.807) is 24.3 Å². The number of carbonyl (C=O) groups is 2. The summed E-state index contributed by atoms with van der Waals surface area (Å²) in [6, 6.07) is 10.8. The van der Waals surface area contributed by atoms with Gasteiger partial charge in [0, 0.05) is 24.9 Å². The van der Waals surface area contributed by atoms with Gasteiger partial charge in [-0.25, -0.2) is 13.2 Å². The van der Waals surface area contributed by atoms with Crippen LogP contribution in [0, 0.1) is 0 Å². The van der Waals surface area contributed by atoms with E-state index in [9.17, 15) is 18.0 Å². The Morgan fingerprint density at radius 1 is 1.07 bits per heavy atom. The molecular weight excluding hydrogens is 402 g/mol. The number of likely N-dealkylation sites (tertiary alicyclic amines) is 1. The smallest absolute Gasteiger partial charge is 0.340 e. The van der Waals surface area contributed by atoms with Crippen molar-refractivity contribution < 1.29 is 22.7 Å². The minimum absolute atomic E-state index is 0.00502. The first-order valence-electron chi connectivity index (χ1n) is 8.80. The van der Waals surface area contributed by atoms with E-state index in [0.29, 0.717) is 11.1 Å². The molecule has 0 aliphatic carbocycles. The van der Waals surface area contributed by atoms with Gasteiger partial charge in [0.05, 0.1) is 15.5 Å². The molecule has 0 saturated carbocycles. The summed E-state index contributed by atoms with van der Waals surface area (Å²) < 4.78 is 28.6. The van der Waals surface area contributed by atoms with Crippen LogP contribution in [0.25, 0.3) is 0 Å². The number of nitrogens with zero attached hydrogens (tertiary/aromatic N) is 1. The maximum atomic E-state index is 12.3. The molecule has 3 rings (SSSR count). The first kappa shape index (κ1) is 20.4. The molecule has 8 heteroatoms. The van der Waals surface area contributed by atoms with Gasteiger partial charge in [-0.2, -0.15) is 0 Å². The number of benzene rings is 2. The molecule has 1 aliphatic heterocycles. The maximum Gasteiger partial charge on any atom is 0.340 e. The lowest BCUT2D eigenvalue weighted by molar-refractivity contribution is 0.0472. The van der Waals surface area contributed by atoms with Gasteiger partial charge >= 0.3 is 5.97 Å². The number of hydrogen-bond acceptors (Lipinski definition) is 5. The Bertz CT molecular complexity index is 996. The molecule has 0 bridgehead atoms. The zero-order valence-corrected chi connectivity index (χ0v) is 16.9. The monoisotopic (exact) mass is 421 g/mol.